The van der Waals surface area contributed by atoms with Crippen LogP contribution in [0.2, 0.25) is 0 Å². The summed E-state index contributed by atoms with van der Waals surface area (Å²) in [5.74, 6) is -0.188. The van der Waals surface area contributed by atoms with E-state index in [0.717, 1.165) is 0 Å². The minimum absolute atomic E-state index is 0. The Morgan fingerprint density at radius 1 is 1.15 bits per heavy atom. The number of nitrogens with one attached hydrogen (secondary N) is 1. The van der Waals surface area contributed by atoms with Crippen molar-refractivity contribution in [3.63, 3.8) is 0 Å². The summed E-state index contributed by atoms with van der Waals surface area (Å²) in [5.41, 5.74) is 7.30. The van der Waals surface area contributed by atoms with Crippen LogP contribution in [-0.4, -0.2) is 19.1 Å². The SMILES string of the molecule is CCOc1cc(CNC(=O)C(N)c2ccccc2)ccc1OC(F)F.Cl. The third-order valence-corrected chi connectivity index (χ3v) is 3.43. The summed E-state index contributed by atoms with van der Waals surface area (Å²) in [5, 5.41) is 2.72. The van der Waals surface area contributed by atoms with E-state index in [1.54, 1.807) is 43.3 Å². The monoisotopic (exact) mass is 386 g/mol. The van der Waals surface area contributed by atoms with E-state index in [1.165, 1.54) is 6.07 Å². The molecule has 2 aromatic carbocycles. The zero-order valence-electron chi connectivity index (χ0n) is 14.2. The van der Waals surface area contributed by atoms with Gasteiger partial charge in [-0.2, -0.15) is 8.78 Å². The molecule has 1 unspecified atom stereocenters. The number of benzene rings is 2. The van der Waals surface area contributed by atoms with Crippen LogP contribution in [0.15, 0.2) is 48.5 Å². The van der Waals surface area contributed by atoms with Crippen LogP contribution in [-0.2, 0) is 11.3 Å². The van der Waals surface area contributed by atoms with E-state index in [-0.39, 0.29) is 36.4 Å². The first-order chi connectivity index (χ1) is 12.0. The molecule has 0 fully saturated rings. The van der Waals surface area contributed by atoms with Crippen molar-refractivity contribution in [1.29, 1.82) is 0 Å². The molecule has 2 rings (SSSR count). The molecule has 8 heteroatoms. The van der Waals surface area contributed by atoms with Gasteiger partial charge in [-0.25, -0.2) is 0 Å². The van der Waals surface area contributed by atoms with Gasteiger partial charge in [0, 0.05) is 6.54 Å². The van der Waals surface area contributed by atoms with Crippen molar-refractivity contribution >= 4 is 18.3 Å². The van der Waals surface area contributed by atoms with E-state index >= 15 is 0 Å². The van der Waals surface area contributed by atoms with Crippen LogP contribution in [0, 0.1) is 0 Å². The maximum absolute atomic E-state index is 12.4. The number of hydrogen-bond donors (Lipinski definition) is 2. The quantitative estimate of drug-likeness (QED) is 0.729. The number of halogens is 3. The van der Waals surface area contributed by atoms with Gasteiger partial charge in [0.05, 0.1) is 6.61 Å². The van der Waals surface area contributed by atoms with E-state index < -0.39 is 12.7 Å². The zero-order chi connectivity index (χ0) is 18.2. The fourth-order valence-corrected chi connectivity index (χ4v) is 2.23. The van der Waals surface area contributed by atoms with E-state index in [4.69, 9.17) is 10.5 Å². The molecular weight excluding hydrogens is 366 g/mol. The fourth-order valence-electron chi connectivity index (χ4n) is 2.23. The molecule has 26 heavy (non-hydrogen) atoms. The Kier molecular flexibility index (Phi) is 8.81. The Balaban J connectivity index is 0.00000338. The topological polar surface area (TPSA) is 73.6 Å². The van der Waals surface area contributed by atoms with Crippen molar-refractivity contribution in [3.8, 4) is 11.5 Å². The predicted octanol–water partition coefficient (Wildman–Crippen LogP) is 3.42. The lowest BCUT2D eigenvalue weighted by atomic mass is 10.1. The lowest BCUT2D eigenvalue weighted by Crippen LogP contribution is -2.33. The molecule has 0 spiro atoms. The highest BCUT2D eigenvalue weighted by Crippen LogP contribution is 2.29. The number of rotatable bonds is 8. The Labute approximate surface area is 156 Å². The molecule has 5 nitrogen and oxygen atoms in total. The van der Waals surface area contributed by atoms with Gasteiger partial charge < -0.3 is 20.5 Å². The number of hydrogen-bond acceptors (Lipinski definition) is 4. The minimum atomic E-state index is -2.94. The molecule has 0 saturated heterocycles. The molecule has 0 radical (unpaired) electrons. The van der Waals surface area contributed by atoms with Crippen molar-refractivity contribution in [2.24, 2.45) is 5.73 Å². The van der Waals surface area contributed by atoms with Crippen LogP contribution < -0.4 is 20.5 Å². The van der Waals surface area contributed by atoms with Crippen LogP contribution in [0.3, 0.4) is 0 Å². The molecule has 0 aliphatic heterocycles. The number of carbonyl (C=O) groups excluding carboxylic acids is 1. The Bertz CT molecular complexity index is 702. The molecule has 1 atom stereocenters. The van der Waals surface area contributed by atoms with Crippen molar-refractivity contribution in [2.75, 3.05) is 6.61 Å². The molecular formula is C18H21ClF2N2O3. The fraction of sp³-hybridized carbons (Fsp3) is 0.278. The van der Waals surface area contributed by atoms with Crippen LogP contribution in [0.5, 0.6) is 11.5 Å². The highest BCUT2D eigenvalue weighted by Gasteiger charge is 2.16. The first-order valence-electron chi connectivity index (χ1n) is 7.80. The van der Waals surface area contributed by atoms with Crippen LogP contribution in [0.1, 0.15) is 24.1 Å². The number of amides is 1. The summed E-state index contributed by atoms with van der Waals surface area (Å²) < 4.78 is 34.5. The lowest BCUT2D eigenvalue weighted by Gasteiger charge is -2.15. The van der Waals surface area contributed by atoms with Gasteiger partial charge in [0.15, 0.2) is 11.5 Å². The normalized spacial score (nSPS) is 11.4. The van der Waals surface area contributed by atoms with Gasteiger partial charge in [-0.1, -0.05) is 36.4 Å². The van der Waals surface area contributed by atoms with Crippen LogP contribution >= 0.6 is 12.4 Å². The smallest absolute Gasteiger partial charge is 0.387 e. The Hall–Kier alpha value is -2.38. The number of alkyl halides is 2. The molecule has 0 bridgehead atoms. The highest BCUT2D eigenvalue weighted by atomic mass is 35.5. The van der Waals surface area contributed by atoms with Gasteiger partial charge >= 0.3 is 6.61 Å². The first kappa shape index (κ1) is 21.7. The summed E-state index contributed by atoms with van der Waals surface area (Å²) in [7, 11) is 0. The zero-order valence-corrected chi connectivity index (χ0v) is 15.0. The molecule has 0 heterocycles. The summed E-state index contributed by atoms with van der Waals surface area (Å²) in [4.78, 5) is 12.1. The van der Waals surface area contributed by atoms with E-state index in [1.807, 2.05) is 6.07 Å². The van der Waals surface area contributed by atoms with Crippen molar-refractivity contribution in [1.82, 2.24) is 5.32 Å². The van der Waals surface area contributed by atoms with Crippen molar-refractivity contribution in [3.05, 3.63) is 59.7 Å². The largest absolute Gasteiger partial charge is 0.490 e. The maximum Gasteiger partial charge on any atom is 0.387 e. The molecule has 0 aliphatic rings. The third kappa shape index (κ3) is 6.16. The van der Waals surface area contributed by atoms with Gasteiger partial charge in [-0.05, 0) is 30.2 Å². The Morgan fingerprint density at radius 2 is 1.85 bits per heavy atom. The molecule has 2 aromatic rings. The second-order valence-corrected chi connectivity index (χ2v) is 5.20. The number of nitrogens with two attached hydrogens (primary N) is 1. The average molecular weight is 387 g/mol. The predicted molar refractivity (Wildman–Crippen MR) is 96.7 cm³/mol. The first-order valence-corrected chi connectivity index (χ1v) is 7.80. The lowest BCUT2D eigenvalue weighted by molar-refractivity contribution is -0.122. The minimum Gasteiger partial charge on any atom is -0.490 e. The van der Waals surface area contributed by atoms with E-state index in [9.17, 15) is 13.6 Å². The summed E-state index contributed by atoms with van der Waals surface area (Å²) in [6.45, 7) is -0.712. The second-order valence-electron chi connectivity index (χ2n) is 5.20. The highest BCUT2D eigenvalue weighted by molar-refractivity contribution is 5.85. The molecule has 0 aliphatic carbocycles. The molecule has 3 N–H and O–H groups in total. The summed E-state index contributed by atoms with van der Waals surface area (Å²) in [6.07, 6.45) is 0. The molecule has 1 amide bonds. The van der Waals surface area contributed by atoms with Crippen molar-refractivity contribution in [2.45, 2.75) is 26.1 Å². The van der Waals surface area contributed by atoms with Crippen LogP contribution in [0.25, 0.3) is 0 Å². The molecule has 0 saturated carbocycles. The van der Waals surface area contributed by atoms with Gasteiger partial charge in [0.2, 0.25) is 5.91 Å². The summed E-state index contributed by atoms with van der Waals surface area (Å²) >= 11 is 0. The van der Waals surface area contributed by atoms with E-state index in [2.05, 4.69) is 10.1 Å². The summed E-state index contributed by atoms with van der Waals surface area (Å²) in [6, 6.07) is 12.7. The third-order valence-electron chi connectivity index (χ3n) is 3.43. The van der Waals surface area contributed by atoms with Gasteiger partial charge in [-0.15, -0.1) is 12.4 Å². The van der Waals surface area contributed by atoms with E-state index in [0.29, 0.717) is 17.7 Å². The number of ether oxygens (including phenoxy) is 2. The second kappa shape index (κ2) is 10.6. The average Bonchev–Trinajstić information content (AvgIpc) is 2.61. The molecule has 0 aromatic heterocycles. The van der Waals surface area contributed by atoms with Gasteiger partial charge in [0.25, 0.3) is 0 Å². The molecule has 142 valence electrons. The van der Waals surface area contributed by atoms with Crippen LogP contribution in [0.4, 0.5) is 8.78 Å². The van der Waals surface area contributed by atoms with Gasteiger partial charge in [0.1, 0.15) is 6.04 Å². The standard InChI is InChI=1S/C18H20F2N2O3.ClH/c1-2-24-15-10-12(8-9-14(15)25-18(19)20)11-22-17(23)16(21)13-6-4-3-5-7-13;/h3-10,16,18H,2,11,21H2,1H3,(H,22,23);1H. The Morgan fingerprint density at radius 3 is 2.46 bits per heavy atom. The van der Waals surface area contributed by atoms with Gasteiger partial charge in [-0.3, -0.25) is 4.79 Å². The van der Waals surface area contributed by atoms with Crippen molar-refractivity contribution < 1.29 is 23.0 Å². The maximum atomic E-state index is 12.4. The number of carbonyl (C=O) groups is 1.